The normalized spacial score (nSPS) is 4.75. The van der Waals surface area contributed by atoms with E-state index in [1.807, 2.05) is 6.92 Å². The maximum atomic E-state index is 9.17. The molecule has 0 atom stereocenters. The molecule has 0 radical (unpaired) electrons. The van der Waals surface area contributed by atoms with Crippen LogP contribution in [0.1, 0.15) is 27.7 Å². The van der Waals surface area contributed by atoms with Crippen LogP contribution in [0.4, 0.5) is 0 Å². The van der Waals surface area contributed by atoms with E-state index in [9.17, 15) is 4.79 Å². The number of hydrogen-bond acceptors (Lipinski definition) is 2. The van der Waals surface area contributed by atoms with Gasteiger partial charge in [0.05, 0.1) is 0 Å². The summed E-state index contributed by atoms with van der Waals surface area (Å²) in [4.78, 5) is 18.0. The Balaban J connectivity index is -0.0000000575. The third-order valence-corrected chi connectivity index (χ3v) is 0.167. The molecule has 0 bridgehead atoms. The van der Waals surface area contributed by atoms with Gasteiger partial charge in [-0.25, -0.2) is 0 Å². The summed E-state index contributed by atoms with van der Waals surface area (Å²) in [6, 6.07) is 0. The monoisotopic (exact) mass is 118 g/mol. The highest BCUT2D eigenvalue weighted by molar-refractivity contribution is 5.48. The number of carbonyl (C=O) groups excluding carboxylic acids is 2. The van der Waals surface area contributed by atoms with E-state index in [4.69, 9.17) is 4.79 Å². The molecule has 0 amide bonds. The van der Waals surface area contributed by atoms with E-state index < -0.39 is 0 Å². The Bertz CT molecular complexity index is 41.8. The molecule has 0 unspecified atom stereocenters. The molecule has 0 spiro atoms. The second kappa shape index (κ2) is 33.0. The van der Waals surface area contributed by atoms with Gasteiger partial charge in [-0.05, 0) is 6.92 Å². The predicted octanol–water partition coefficient (Wildman–Crippen LogP) is 1.44. The molecule has 50 valence electrons. The number of carbonyl (C=O) groups is 2. The average Bonchev–Trinajstić information content (AvgIpc) is 1.69. The SMILES string of the molecule is C.CC=O.CCC=O. The number of rotatable bonds is 1. The molecule has 0 saturated carbocycles. The zero-order valence-electron chi connectivity index (χ0n) is 4.68. The summed E-state index contributed by atoms with van der Waals surface area (Å²) >= 11 is 0. The lowest BCUT2D eigenvalue weighted by Gasteiger charge is -1.51. The first-order chi connectivity index (χ1) is 3.33. The summed E-state index contributed by atoms with van der Waals surface area (Å²) in [5.41, 5.74) is 0. The van der Waals surface area contributed by atoms with Crippen LogP contribution in [0.25, 0.3) is 0 Å². The van der Waals surface area contributed by atoms with Crippen LogP contribution in [-0.2, 0) is 9.59 Å². The van der Waals surface area contributed by atoms with E-state index in [0.717, 1.165) is 12.6 Å². The fourth-order valence-corrected chi connectivity index (χ4v) is 0. The van der Waals surface area contributed by atoms with Gasteiger partial charge in [-0.2, -0.15) is 0 Å². The van der Waals surface area contributed by atoms with Gasteiger partial charge < -0.3 is 9.59 Å². The number of aldehydes is 2. The standard InChI is InChI=1S/C3H6O.C2H4O.CH4/c1-2-3-4;1-2-3;/h3H,2H2,1H3;2H,1H3;1H4. The summed E-state index contributed by atoms with van der Waals surface area (Å²) < 4.78 is 0. The Morgan fingerprint density at radius 2 is 1.50 bits per heavy atom. The summed E-state index contributed by atoms with van der Waals surface area (Å²) in [7, 11) is 0. The Morgan fingerprint density at radius 1 is 1.38 bits per heavy atom. The molecule has 2 nitrogen and oxygen atoms in total. The fraction of sp³-hybridized carbons (Fsp3) is 0.667. The maximum Gasteiger partial charge on any atom is 0.119 e. The molecule has 0 N–H and O–H groups in total. The summed E-state index contributed by atoms with van der Waals surface area (Å²) in [5.74, 6) is 0. The molecular formula is C6H14O2. The van der Waals surface area contributed by atoms with E-state index in [0.29, 0.717) is 6.42 Å². The van der Waals surface area contributed by atoms with Gasteiger partial charge in [0.2, 0.25) is 0 Å². The summed E-state index contributed by atoms with van der Waals surface area (Å²) in [6.45, 7) is 3.26. The largest absolute Gasteiger partial charge is 0.304 e. The third-order valence-electron chi connectivity index (χ3n) is 0.167. The maximum absolute atomic E-state index is 9.17. The van der Waals surface area contributed by atoms with Gasteiger partial charge in [0, 0.05) is 6.42 Å². The van der Waals surface area contributed by atoms with Crippen molar-refractivity contribution in [3.63, 3.8) is 0 Å². The Labute approximate surface area is 50.9 Å². The van der Waals surface area contributed by atoms with Gasteiger partial charge >= 0.3 is 0 Å². The van der Waals surface area contributed by atoms with Crippen LogP contribution in [0.15, 0.2) is 0 Å². The molecule has 0 aliphatic carbocycles. The Hall–Kier alpha value is -0.660. The third kappa shape index (κ3) is 870. The molecule has 2 heteroatoms. The van der Waals surface area contributed by atoms with Gasteiger partial charge in [0.25, 0.3) is 0 Å². The number of hydrogen-bond donors (Lipinski definition) is 0. The lowest BCUT2D eigenvalue weighted by atomic mass is 10.6. The lowest BCUT2D eigenvalue weighted by molar-refractivity contribution is -0.107. The average molecular weight is 118 g/mol. The van der Waals surface area contributed by atoms with Crippen LogP contribution in [0, 0.1) is 0 Å². The first-order valence-electron chi connectivity index (χ1n) is 2.16. The zero-order valence-corrected chi connectivity index (χ0v) is 4.68. The van der Waals surface area contributed by atoms with Gasteiger partial charge in [0.1, 0.15) is 12.6 Å². The Morgan fingerprint density at radius 3 is 1.50 bits per heavy atom. The van der Waals surface area contributed by atoms with Crippen molar-refractivity contribution in [2.45, 2.75) is 27.7 Å². The van der Waals surface area contributed by atoms with E-state index in [1.54, 1.807) is 0 Å². The molecule has 0 fully saturated rings. The van der Waals surface area contributed by atoms with Crippen LogP contribution in [0.5, 0.6) is 0 Å². The van der Waals surface area contributed by atoms with Crippen molar-refractivity contribution in [1.29, 1.82) is 0 Å². The van der Waals surface area contributed by atoms with E-state index in [-0.39, 0.29) is 7.43 Å². The molecule has 0 aromatic heterocycles. The van der Waals surface area contributed by atoms with E-state index >= 15 is 0 Å². The van der Waals surface area contributed by atoms with Crippen molar-refractivity contribution < 1.29 is 9.59 Å². The van der Waals surface area contributed by atoms with Crippen molar-refractivity contribution in [3.05, 3.63) is 0 Å². The Kier molecular flexibility index (Phi) is 64.6. The topological polar surface area (TPSA) is 34.1 Å². The first kappa shape index (κ1) is 15.7. The first-order valence-corrected chi connectivity index (χ1v) is 2.16. The highest BCUT2D eigenvalue weighted by Crippen LogP contribution is 1.53. The van der Waals surface area contributed by atoms with Crippen LogP contribution in [-0.4, -0.2) is 12.6 Å². The minimum atomic E-state index is 0. The van der Waals surface area contributed by atoms with Crippen molar-refractivity contribution >= 4 is 12.6 Å². The van der Waals surface area contributed by atoms with Crippen molar-refractivity contribution in [3.8, 4) is 0 Å². The minimum Gasteiger partial charge on any atom is -0.304 e. The van der Waals surface area contributed by atoms with E-state index in [1.165, 1.54) is 6.92 Å². The highest BCUT2D eigenvalue weighted by atomic mass is 16.1. The highest BCUT2D eigenvalue weighted by Gasteiger charge is 1.52. The molecule has 0 rings (SSSR count). The molecule has 0 saturated heterocycles. The molecular weight excluding hydrogens is 104 g/mol. The van der Waals surface area contributed by atoms with Crippen LogP contribution in [0.3, 0.4) is 0 Å². The van der Waals surface area contributed by atoms with Crippen molar-refractivity contribution in [2.75, 3.05) is 0 Å². The van der Waals surface area contributed by atoms with Crippen LogP contribution < -0.4 is 0 Å². The molecule has 0 aromatic rings. The molecule has 0 aliphatic rings. The predicted molar refractivity (Wildman–Crippen MR) is 34.8 cm³/mol. The summed E-state index contributed by atoms with van der Waals surface area (Å²) in [6.07, 6.45) is 2.26. The fourth-order valence-electron chi connectivity index (χ4n) is 0. The summed E-state index contributed by atoms with van der Waals surface area (Å²) in [5, 5.41) is 0. The van der Waals surface area contributed by atoms with E-state index in [2.05, 4.69) is 0 Å². The second-order valence-electron chi connectivity index (χ2n) is 0.811. The van der Waals surface area contributed by atoms with Gasteiger partial charge in [-0.1, -0.05) is 14.4 Å². The smallest absolute Gasteiger partial charge is 0.119 e. The van der Waals surface area contributed by atoms with Crippen LogP contribution >= 0.6 is 0 Å². The van der Waals surface area contributed by atoms with Gasteiger partial charge in [-0.3, -0.25) is 0 Å². The molecule has 0 aliphatic heterocycles. The zero-order chi connectivity index (χ0) is 6.12. The van der Waals surface area contributed by atoms with Crippen molar-refractivity contribution in [2.24, 2.45) is 0 Å². The molecule has 0 aromatic carbocycles. The lowest BCUT2D eigenvalue weighted by Crippen LogP contribution is -1.55. The minimum absolute atomic E-state index is 0. The van der Waals surface area contributed by atoms with Crippen molar-refractivity contribution in [1.82, 2.24) is 0 Å². The second-order valence-corrected chi connectivity index (χ2v) is 0.811. The van der Waals surface area contributed by atoms with Gasteiger partial charge in [0.15, 0.2) is 0 Å². The van der Waals surface area contributed by atoms with Crippen LogP contribution in [0.2, 0.25) is 0 Å². The quantitative estimate of drug-likeness (QED) is 0.488. The van der Waals surface area contributed by atoms with Gasteiger partial charge in [-0.15, -0.1) is 0 Å². The molecule has 8 heavy (non-hydrogen) atoms. The molecule has 0 heterocycles.